The molecule has 0 saturated carbocycles. The second kappa shape index (κ2) is 7.72. The Morgan fingerprint density at radius 1 is 0.441 bits per heavy atom. The fourth-order valence-corrected chi connectivity index (χ4v) is 6.21. The van der Waals surface area contributed by atoms with E-state index in [1.54, 1.807) is 0 Å². The third-order valence-electron chi connectivity index (χ3n) is 6.52. The first kappa shape index (κ1) is 19.3. The Balaban J connectivity index is 1.63. The number of hydrogen-bond acceptors (Lipinski definition) is 2. The van der Waals surface area contributed by atoms with E-state index in [4.69, 9.17) is 4.74 Å². The second-order valence-corrected chi connectivity index (χ2v) is 9.57. The van der Waals surface area contributed by atoms with Crippen molar-refractivity contribution in [1.29, 1.82) is 0 Å². The van der Waals surface area contributed by atoms with Crippen molar-refractivity contribution in [2.75, 3.05) is 0 Å². The summed E-state index contributed by atoms with van der Waals surface area (Å²) >= 11 is 1.86. The maximum Gasteiger partial charge on any atom is 0.143 e. The molecule has 0 bridgehead atoms. The average molecular weight is 453 g/mol. The van der Waals surface area contributed by atoms with Crippen LogP contribution in [0.4, 0.5) is 0 Å². The molecule has 0 radical (unpaired) electrons. The topological polar surface area (TPSA) is 9.23 Å². The van der Waals surface area contributed by atoms with E-state index < -0.39 is 0 Å². The van der Waals surface area contributed by atoms with Crippen LogP contribution in [0.5, 0.6) is 11.5 Å². The van der Waals surface area contributed by atoms with Gasteiger partial charge < -0.3 is 4.74 Å². The van der Waals surface area contributed by atoms with Gasteiger partial charge in [-0.15, -0.1) is 11.3 Å². The van der Waals surface area contributed by atoms with Crippen molar-refractivity contribution in [3.05, 3.63) is 121 Å². The normalized spacial score (nSPS) is 11.5. The molecule has 0 aliphatic heterocycles. The van der Waals surface area contributed by atoms with E-state index in [-0.39, 0.29) is 0 Å². The Hall–Kier alpha value is -4.14. The number of benzene rings is 6. The summed E-state index contributed by atoms with van der Waals surface area (Å²) in [6, 6.07) is 42.7. The molecule has 34 heavy (non-hydrogen) atoms. The molecular formula is C32H20OS. The number of ether oxygens (including phenoxy) is 1. The number of rotatable bonds is 3. The molecule has 160 valence electrons. The van der Waals surface area contributed by atoms with Crippen molar-refractivity contribution in [3.8, 4) is 22.6 Å². The molecule has 0 saturated heterocycles. The number of hydrogen-bond donors (Lipinski definition) is 0. The molecule has 1 aromatic heterocycles. The summed E-state index contributed by atoms with van der Waals surface area (Å²) in [6.45, 7) is 0. The van der Waals surface area contributed by atoms with Crippen LogP contribution in [0.15, 0.2) is 121 Å². The molecule has 1 heterocycles. The number of para-hydroxylation sites is 1. The lowest BCUT2D eigenvalue weighted by atomic mass is 9.89. The zero-order chi connectivity index (χ0) is 22.5. The average Bonchev–Trinajstić information content (AvgIpc) is 3.28. The van der Waals surface area contributed by atoms with Crippen LogP contribution in [0.2, 0.25) is 0 Å². The molecular weight excluding hydrogens is 432 g/mol. The van der Waals surface area contributed by atoms with Crippen LogP contribution in [0, 0.1) is 0 Å². The predicted octanol–water partition coefficient (Wildman–Crippen LogP) is 9.82. The molecule has 2 heteroatoms. The van der Waals surface area contributed by atoms with Crippen molar-refractivity contribution in [3.63, 3.8) is 0 Å². The van der Waals surface area contributed by atoms with Gasteiger partial charge in [0.1, 0.15) is 11.5 Å². The molecule has 6 aromatic carbocycles. The third kappa shape index (κ3) is 2.93. The molecule has 0 aliphatic rings. The summed E-state index contributed by atoms with van der Waals surface area (Å²) < 4.78 is 9.18. The molecule has 0 N–H and O–H groups in total. The first-order valence-corrected chi connectivity index (χ1v) is 12.3. The minimum atomic E-state index is 0.844. The molecule has 0 atom stereocenters. The van der Waals surface area contributed by atoms with Crippen LogP contribution < -0.4 is 4.74 Å². The van der Waals surface area contributed by atoms with Gasteiger partial charge in [-0.2, -0.15) is 0 Å². The summed E-state index contributed by atoms with van der Waals surface area (Å²) in [4.78, 5) is 0. The summed E-state index contributed by atoms with van der Waals surface area (Å²) in [5.74, 6) is 1.75. The van der Waals surface area contributed by atoms with Crippen LogP contribution in [-0.2, 0) is 0 Å². The van der Waals surface area contributed by atoms with E-state index in [2.05, 4.69) is 91.0 Å². The van der Waals surface area contributed by atoms with Gasteiger partial charge in [0.2, 0.25) is 0 Å². The van der Waals surface area contributed by atoms with Crippen LogP contribution in [0.25, 0.3) is 52.8 Å². The fourth-order valence-electron chi connectivity index (χ4n) is 5.08. The van der Waals surface area contributed by atoms with E-state index in [1.807, 2.05) is 41.7 Å². The quantitative estimate of drug-likeness (QED) is 0.242. The standard InChI is InChI=1S/C32H20OS/c1-2-11-21(12-3-1)33-32-24-15-6-4-13-22(24)30(23-14-5-7-16-25(23)32)27-18-10-20-29-31(27)26-17-8-9-19-28(26)34-29/h1-20H. The maximum absolute atomic E-state index is 6.54. The lowest BCUT2D eigenvalue weighted by Gasteiger charge is -2.18. The number of fused-ring (bicyclic) bond motifs is 5. The smallest absolute Gasteiger partial charge is 0.143 e. The number of thiophene rings is 1. The Morgan fingerprint density at radius 3 is 1.71 bits per heavy atom. The molecule has 0 fully saturated rings. The van der Waals surface area contributed by atoms with Crippen LogP contribution in [-0.4, -0.2) is 0 Å². The van der Waals surface area contributed by atoms with E-state index in [9.17, 15) is 0 Å². The van der Waals surface area contributed by atoms with Gasteiger partial charge in [-0.3, -0.25) is 0 Å². The first-order valence-electron chi connectivity index (χ1n) is 11.5. The van der Waals surface area contributed by atoms with Gasteiger partial charge in [0.05, 0.1) is 0 Å². The van der Waals surface area contributed by atoms with Crippen molar-refractivity contribution in [1.82, 2.24) is 0 Å². The summed E-state index contributed by atoms with van der Waals surface area (Å²) in [5, 5.41) is 7.30. The van der Waals surface area contributed by atoms with Crippen molar-refractivity contribution in [2.45, 2.75) is 0 Å². The van der Waals surface area contributed by atoms with Gasteiger partial charge >= 0.3 is 0 Å². The van der Waals surface area contributed by atoms with E-state index in [0.29, 0.717) is 0 Å². The SMILES string of the molecule is c1ccc(Oc2c3ccccc3c(-c3cccc4sc5ccccc5c34)c3ccccc23)cc1. The van der Waals surface area contributed by atoms with Gasteiger partial charge in [-0.25, -0.2) is 0 Å². The van der Waals surface area contributed by atoms with Gasteiger partial charge in [0.15, 0.2) is 0 Å². The van der Waals surface area contributed by atoms with Crippen molar-refractivity contribution in [2.24, 2.45) is 0 Å². The van der Waals surface area contributed by atoms with E-state index >= 15 is 0 Å². The van der Waals surface area contributed by atoms with Crippen LogP contribution in [0.1, 0.15) is 0 Å². The van der Waals surface area contributed by atoms with Gasteiger partial charge in [-0.1, -0.05) is 97.1 Å². The van der Waals surface area contributed by atoms with Crippen molar-refractivity contribution >= 4 is 53.1 Å². The predicted molar refractivity (Wildman–Crippen MR) is 146 cm³/mol. The highest BCUT2D eigenvalue weighted by Gasteiger charge is 2.19. The minimum absolute atomic E-state index is 0.844. The second-order valence-electron chi connectivity index (χ2n) is 8.49. The Bertz CT molecular complexity index is 1770. The molecule has 7 aromatic rings. The van der Waals surface area contributed by atoms with Gasteiger partial charge in [0.25, 0.3) is 0 Å². The minimum Gasteiger partial charge on any atom is -0.456 e. The molecule has 0 unspecified atom stereocenters. The highest BCUT2D eigenvalue weighted by Crippen LogP contribution is 2.48. The third-order valence-corrected chi connectivity index (χ3v) is 7.65. The van der Waals surface area contributed by atoms with E-state index in [0.717, 1.165) is 22.3 Å². The molecule has 1 nitrogen and oxygen atoms in total. The van der Waals surface area contributed by atoms with E-state index in [1.165, 1.54) is 42.1 Å². The highest BCUT2D eigenvalue weighted by molar-refractivity contribution is 7.25. The Kier molecular flexibility index (Phi) is 4.39. The maximum atomic E-state index is 6.54. The largest absolute Gasteiger partial charge is 0.456 e. The van der Waals surface area contributed by atoms with Gasteiger partial charge in [-0.05, 0) is 46.2 Å². The lowest BCUT2D eigenvalue weighted by molar-refractivity contribution is 0.494. The Labute approximate surface area is 201 Å². The highest BCUT2D eigenvalue weighted by atomic mass is 32.1. The zero-order valence-electron chi connectivity index (χ0n) is 18.4. The van der Waals surface area contributed by atoms with Crippen molar-refractivity contribution < 1.29 is 4.74 Å². The monoisotopic (exact) mass is 452 g/mol. The molecule has 0 spiro atoms. The molecule has 0 aliphatic carbocycles. The molecule has 7 rings (SSSR count). The summed E-state index contributed by atoms with van der Waals surface area (Å²) in [7, 11) is 0. The summed E-state index contributed by atoms with van der Waals surface area (Å²) in [5.41, 5.74) is 2.54. The van der Waals surface area contributed by atoms with Crippen LogP contribution in [0.3, 0.4) is 0 Å². The van der Waals surface area contributed by atoms with Crippen LogP contribution >= 0.6 is 11.3 Å². The summed E-state index contributed by atoms with van der Waals surface area (Å²) in [6.07, 6.45) is 0. The zero-order valence-corrected chi connectivity index (χ0v) is 19.2. The first-order chi connectivity index (χ1) is 16.9. The fraction of sp³-hybridized carbons (Fsp3) is 0. The lowest BCUT2D eigenvalue weighted by Crippen LogP contribution is -1.92. The molecule has 0 amide bonds. The van der Waals surface area contributed by atoms with Gasteiger partial charge in [0, 0.05) is 30.9 Å². The Morgan fingerprint density at radius 2 is 1.00 bits per heavy atom.